The maximum Gasteiger partial charge on any atom is 0.272 e. The van der Waals surface area contributed by atoms with E-state index in [2.05, 4.69) is 10.4 Å². The summed E-state index contributed by atoms with van der Waals surface area (Å²) in [7, 11) is -3.24. The van der Waals surface area contributed by atoms with Gasteiger partial charge in [0.1, 0.15) is 0 Å². The number of benzene rings is 2. The summed E-state index contributed by atoms with van der Waals surface area (Å²) in [6, 6.07) is 16.2. The van der Waals surface area contributed by atoms with Crippen LogP contribution in [0.25, 0.3) is 5.69 Å². The zero-order chi connectivity index (χ0) is 20.6. The first-order valence-corrected chi connectivity index (χ1v) is 11.5. The van der Waals surface area contributed by atoms with Gasteiger partial charge in [0.15, 0.2) is 15.5 Å². The number of para-hydroxylation sites is 1. The van der Waals surface area contributed by atoms with Crippen LogP contribution in [-0.4, -0.2) is 30.4 Å². The van der Waals surface area contributed by atoms with Crippen LogP contribution in [0, 0.1) is 0 Å². The second-order valence-electron chi connectivity index (χ2n) is 7.41. The summed E-state index contributed by atoms with van der Waals surface area (Å²) in [5.41, 5.74) is 4.39. The standard InChI is InChI=1S/C22H23N3O3S/c1-15(16-11-13-18(14-12-16)29(2,27)28)23-22(26)21-19-9-6-10-20(19)25(24-21)17-7-4-3-5-8-17/h3-5,7-8,11-15H,6,9-10H2,1-2H3,(H,23,26)/t15-/m0/s1. The topological polar surface area (TPSA) is 81.1 Å². The second-order valence-corrected chi connectivity index (χ2v) is 9.43. The highest BCUT2D eigenvalue weighted by molar-refractivity contribution is 7.90. The molecule has 0 saturated carbocycles. The molecular weight excluding hydrogens is 386 g/mol. The fraction of sp³-hybridized carbons (Fsp3) is 0.273. The third kappa shape index (κ3) is 3.82. The third-order valence-corrected chi connectivity index (χ3v) is 6.43. The van der Waals surface area contributed by atoms with Crippen molar-refractivity contribution in [1.29, 1.82) is 0 Å². The molecule has 1 heterocycles. The van der Waals surface area contributed by atoms with Gasteiger partial charge < -0.3 is 5.32 Å². The molecule has 1 aliphatic rings. The number of fused-ring (bicyclic) bond motifs is 1. The van der Waals surface area contributed by atoms with Gasteiger partial charge in [-0.05, 0) is 56.0 Å². The Morgan fingerprint density at radius 1 is 1.07 bits per heavy atom. The zero-order valence-corrected chi connectivity index (χ0v) is 17.2. The minimum atomic E-state index is -3.24. The molecule has 29 heavy (non-hydrogen) atoms. The lowest BCUT2D eigenvalue weighted by atomic mass is 10.1. The van der Waals surface area contributed by atoms with E-state index in [0.29, 0.717) is 5.69 Å². The van der Waals surface area contributed by atoms with Gasteiger partial charge in [0.05, 0.1) is 16.6 Å². The number of carbonyl (C=O) groups excluding carboxylic acids is 1. The summed E-state index contributed by atoms with van der Waals surface area (Å²) in [5.74, 6) is -0.211. The summed E-state index contributed by atoms with van der Waals surface area (Å²) in [5, 5.41) is 7.62. The van der Waals surface area contributed by atoms with Gasteiger partial charge in [0.25, 0.3) is 5.91 Å². The van der Waals surface area contributed by atoms with Crippen LogP contribution in [0.15, 0.2) is 59.5 Å². The molecule has 1 aromatic heterocycles. The van der Waals surface area contributed by atoms with Crippen LogP contribution in [0.1, 0.15) is 46.7 Å². The number of nitrogens with one attached hydrogen (secondary N) is 1. The maximum absolute atomic E-state index is 13.0. The first kappa shape index (κ1) is 19.4. The summed E-state index contributed by atoms with van der Waals surface area (Å²) in [6.07, 6.45) is 3.95. The molecule has 6 nitrogen and oxygen atoms in total. The quantitative estimate of drug-likeness (QED) is 0.701. The Bertz CT molecular complexity index is 1150. The summed E-state index contributed by atoms with van der Waals surface area (Å²) >= 11 is 0. The third-order valence-electron chi connectivity index (χ3n) is 5.30. The molecule has 1 amide bonds. The van der Waals surface area contributed by atoms with E-state index in [4.69, 9.17) is 0 Å². The molecule has 3 aromatic rings. The molecule has 0 aliphatic heterocycles. The number of hydrogen-bond acceptors (Lipinski definition) is 4. The number of carbonyl (C=O) groups is 1. The Morgan fingerprint density at radius 3 is 2.41 bits per heavy atom. The van der Waals surface area contributed by atoms with Gasteiger partial charge in [0.2, 0.25) is 0 Å². The van der Waals surface area contributed by atoms with Gasteiger partial charge in [0, 0.05) is 17.5 Å². The molecule has 0 fully saturated rings. The Balaban J connectivity index is 1.58. The van der Waals surface area contributed by atoms with Crippen LogP contribution >= 0.6 is 0 Å². The lowest BCUT2D eigenvalue weighted by Crippen LogP contribution is -2.28. The predicted octanol–water partition coefficient (Wildman–Crippen LogP) is 3.26. The average Bonchev–Trinajstić information content (AvgIpc) is 3.30. The summed E-state index contributed by atoms with van der Waals surface area (Å²) in [4.78, 5) is 13.2. The number of nitrogens with zero attached hydrogens (tertiary/aromatic N) is 2. The molecule has 2 aromatic carbocycles. The van der Waals surface area contributed by atoms with Crippen molar-refractivity contribution in [2.45, 2.75) is 37.1 Å². The number of aromatic nitrogens is 2. The van der Waals surface area contributed by atoms with Crippen LogP contribution in [-0.2, 0) is 22.7 Å². The van der Waals surface area contributed by atoms with Gasteiger partial charge in [-0.1, -0.05) is 30.3 Å². The van der Waals surface area contributed by atoms with Gasteiger partial charge in [-0.2, -0.15) is 5.10 Å². The minimum Gasteiger partial charge on any atom is -0.344 e. The average molecular weight is 410 g/mol. The molecule has 150 valence electrons. The Kier molecular flexibility index (Phi) is 5.00. The van der Waals surface area contributed by atoms with Gasteiger partial charge >= 0.3 is 0 Å². The minimum absolute atomic E-state index is 0.211. The first-order valence-electron chi connectivity index (χ1n) is 9.61. The number of rotatable bonds is 5. The van der Waals surface area contributed by atoms with E-state index in [-0.39, 0.29) is 16.8 Å². The lowest BCUT2D eigenvalue weighted by Gasteiger charge is -2.14. The Hall–Kier alpha value is -2.93. The van der Waals surface area contributed by atoms with E-state index in [1.165, 1.54) is 6.26 Å². The van der Waals surface area contributed by atoms with E-state index >= 15 is 0 Å². The van der Waals surface area contributed by atoms with Gasteiger partial charge in [-0.15, -0.1) is 0 Å². The van der Waals surface area contributed by atoms with Crippen LogP contribution in [0.5, 0.6) is 0 Å². The van der Waals surface area contributed by atoms with Crippen molar-refractivity contribution in [2.24, 2.45) is 0 Å². The number of sulfone groups is 1. The normalized spacial score (nSPS) is 14.4. The Labute approximate surface area is 170 Å². The molecule has 7 heteroatoms. The fourth-order valence-corrected chi connectivity index (χ4v) is 4.39. The largest absolute Gasteiger partial charge is 0.344 e. The molecule has 0 unspecified atom stereocenters. The van der Waals surface area contributed by atoms with Crippen molar-refractivity contribution in [3.8, 4) is 5.69 Å². The highest BCUT2D eigenvalue weighted by Crippen LogP contribution is 2.28. The van der Waals surface area contributed by atoms with E-state index in [1.54, 1.807) is 24.3 Å². The maximum atomic E-state index is 13.0. The van der Waals surface area contributed by atoms with Crippen LogP contribution in [0.3, 0.4) is 0 Å². The van der Waals surface area contributed by atoms with E-state index < -0.39 is 9.84 Å². The van der Waals surface area contributed by atoms with E-state index in [0.717, 1.165) is 41.8 Å². The predicted molar refractivity (Wildman–Crippen MR) is 111 cm³/mol. The first-order chi connectivity index (χ1) is 13.8. The summed E-state index contributed by atoms with van der Waals surface area (Å²) in [6.45, 7) is 1.88. The van der Waals surface area contributed by atoms with E-state index in [9.17, 15) is 13.2 Å². The SMILES string of the molecule is C[C@H](NC(=O)c1nn(-c2ccccc2)c2c1CCC2)c1ccc(S(C)(=O)=O)cc1. The summed E-state index contributed by atoms with van der Waals surface area (Å²) < 4.78 is 25.1. The monoisotopic (exact) mass is 409 g/mol. The van der Waals surface area contributed by atoms with Crippen LogP contribution in [0.4, 0.5) is 0 Å². The van der Waals surface area contributed by atoms with Crippen molar-refractivity contribution >= 4 is 15.7 Å². The lowest BCUT2D eigenvalue weighted by molar-refractivity contribution is 0.0933. The number of hydrogen-bond donors (Lipinski definition) is 1. The van der Waals surface area contributed by atoms with E-state index in [1.807, 2.05) is 41.9 Å². The number of amides is 1. The fourth-order valence-electron chi connectivity index (χ4n) is 3.75. The van der Waals surface area contributed by atoms with Gasteiger partial charge in [-0.3, -0.25) is 4.79 Å². The van der Waals surface area contributed by atoms with Gasteiger partial charge in [-0.25, -0.2) is 13.1 Å². The van der Waals surface area contributed by atoms with Crippen molar-refractivity contribution in [3.63, 3.8) is 0 Å². The molecule has 1 N–H and O–H groups in total. The highest BCUT2D eigenvalue weighted by atomic mass is 32.2. The smallest absolute Gasteiger partial charge is 0.272 e. The molecule has 0 saturated heterocycles. The molecule has 1 atom stereocenters. The molecule has 0 bridgehead atoms. The van der Waals surface area contributed by atoms with Crippen molar-refractivity contribution in [1.82, 2.24) is 15.1 Å². The van der Waals surface area contributed by atoms with Crippen LogP contribution < -0.4 is 5.32 Å². The zero-order valence-electron chi connectivity index (χ0n) is 16.4. The molecule has 1 aliphatic carbocycles. The highest BCUT2D eigenvalue weighted by Gasteiger charge is 2.27. The van der Waals surface area contributed by atoms with Crippen molar-refractivity contribution in [2.75, 3.05) is 6.26 Å². The molecular formula is C22H23N3O3S. The molecule has 0 radical (unpaired) electrons. The van der Waals surface area contributed by atoms with Crippen molar-refractivity contribution in [3.05, 3.63) is 77.1 Å². The van der Waals surface area contributed by atoms with Crippen molar-refractivity contribution < 1.29 is 13.2 Å². The Morgan fingerprint density at radius 2 is 1.76 bits per heavy atom. The second kappa shape index (κ2) is 7.48. The van der Waals surface area contributed by atoms with Crippen LogP contribution in [0.2, 0.25) is 0 Å². The molecule has 4 rings (SSSR count). The molecule has 0 spiro atoms.